The summed E-state index contributed by atoms with van der Waals surface area (Å²) in [5.41, 5.74) is 3.27. The number of benzene rings is 1. The van der Waals surface area contributed by atoms with Crippen molar-refractivity contribution in [2.45, 2.75) is 19.9 Å². The zero-order valence-electron chi connectivity index (χ0n) is 17.9. The van der Waals surface area contributed by atoms with Crippen LogP contribution in [0.5, 0.6) is 0 Å². The Morgan fingerprint density at radius 3 is 2.52 bits per heavy atom. The highest BCUT2D eigenvalue weighted by Gasteiger charge is 2.46. The summed E-state index contributed by atoms with van der Waals surface area (Å²) < 4.78 is 5.39. The van der Waals surface area contributed by atoms with Crippen LogP contribution in [0.25, 0.3) is 5.76 Å². The standard InChI is InChI=1S/C24H27N3O4/c1-16-3-4-17(2)19(15-16)22(28)20-21(18-5-7-25-8-6-18)27(24(30)23(20)29)10-9-26-11-13-31-14-12-26/h3-8,15,21,28H,9-14H2,1-2H3/b22-20-. The summed E-state index contributed by atoms with van der Waals surface area (Å²) in [4.78, 5) is 34.0. The van der Waals surface area contributed by atoms with E-state index < -0.39 is 17.7 Å². The van der Waals surface area contributed by atoms with Gasteiger partial charge in [0.2, 0.25) is 0 Å². The van der Waals surface area contributed by atoms with Crippen molar-refractivity contribution in [2.75, 3.05) is 39.4 Å². The van der Waals surface area contributed by atoms with Gasteiger partial charge in [0.1, 0.15) is 5.76 Å². The number of hydrogen-bond acceptors (Lipinski definition) is 6. The van der Waals surface area contributed by atoms with Gasteiger partial charge >= 0.3 is 0 Å². The van der Waals surface area contributed by atoms with Gasteiger partial charge in [-0.25, -0.2) is 0 Å². The first kappa shape index (κ1) is 21.2. The number of aromatic nitrogens is 1. The Labute approximate surface area is 182 Å². The van der Waals surface area contributed by atoms with E-state index in [0.29, 0.717) is 31.9 Å². The van der Waals surface area contributed by atoms with Crippen LogP contribution in [-0.2, 0) is 14.3 Å². The summed E-state index contributed by atoms with van der Waals surface area (Å²) in [6.07, 6.45) is 3.27. The molecule has 3 heterocycles. The fraction of sp³-hybridized carbons (Fsp3) is 0.375. The number of aliphatic hydroxyl groups excluding tert-OH is 1. The molecule has 2 fully saturated rings. The van der Waals surface area contributed by atoms with E-state index in [1.807, 2.05) is 32.0 Å². The molecule has 1 unspecified atom stereocenters. The summed E-state index contributed by atoms with van der Waals surface area (Å²) in [5.74, 6) is -1.36. The van der Waals surface area contributed by atoms with E-state index in [1.54, 1.807) is 29.4 Å². The maximum Gasteiger partial charge on any atom is 0.295 e. The van der Waals surface area contributed by atoms with Crippen molar-refractivity contribution in [2.24, 2.45) is 0 Å². The van der Waals surface area contributed by atoms with Gasteiger partial charge in [-0.15, -0.1) is 0 Å². The molecule has 162 valence electrons. The van der Waals surface area contributed by atoms with Gasteiger partial charge in [0.15, 0.2) is 0 Å². The number of aliphatic hydroxyl groups is 1. The topological polar surface area (TPSA) is 83.0 Å². The van der Waals surface area contributed by atoms with Crippen LogP contribution in [0.1, 0.15) is 28.3 Å². The Morgan fingerprint density at radius 2 is 1.81 bits per heavy atom. The molecule has 0 radical (unpaired) electrons. The van der Waals surface area contributed by atoms with Gasteiger partial charge < -0.3 is 14.7 Å². The average Bonchev–Trinajstić information content (AvgIpc) is 3.05. The molecule has 1 aromatic heterocycles. The Morgan fingerprint density at radius 1 is 1.10 bits per heavy atom. The SMILES string of the molecule is Cc1ccc(C)c(/C(O)=C2/C(=O)C(=O)N(CCN3CCOCC3)C2c2ccncc2)c1. The number of aryl methyl sites for hydroxylation is 2. The van der Waals surface area contributed by atoms with Crippen molar-refractivity contribution >= 4 is 17.4 Å². The molecule has 2 aromatic rings. The van der Waals surface area contributed by atoms with E-state index in [9.17, 15) is 14.7 Å². The van der Waals surface area contributed by atoms with Gasteiger partial charge in [-0.05, 0) is 43.2 Å². The minimum absolute atomic E-state index is 0.129. The van der Waals surface area contributed by atoms with Crippen LogP contribution in [-0.4, -0.2) is 71.0 Å². The molecule has 2 aliphatic heterocycles. The van der Waals surface area contributed by atoms with Crippen LogP contribution >= 0.6 is 0 Å². The quantitative estimate of drug-likeness (QED) is 0.454. The highest BCUT2D eigenvalue weighted by Crippen LogP contribution is 2.39. The highest BCUT2D eigenvalue weighted by atomic mass is 16.5. The molecule has 0 spiro atoms. The third-order valence-electron chi connectivity index (χ3n) is 5.97. The molecular weight excluding hydrogens is 394 g/mol. The molecule has 0 saturated carbocycles. The van der Waals surface area contributed by atoms with Crippen LogP contribution < -0.4 is 0 Å². The molecule has 1 N–H and O–H groups in total. The number of morpholine rings is 1. The number of likely N-dealkylation sites (tertiary alicyclic amines) is 1. The number of nitrogens with zero attached hydrogens (tertiary/aromatic N) is 3. The number of carbonyl (C=O) groups is 2. The van der Waals surface area contributed by atoms with Crippen molar-refractivity contribution in [1.82, 2.24) is 14.8 Å². The number of ether oxygens (including phenoxy) is 1. The molecule has 0 bridgehead atoms. The number of amides is 1. The lowest BCUT2D eigenvalue weighted by atomic mass is 9.94. The average molecular weight is 421 g/mol. The van der Waals surface area contributed by atoms with E-state index in [4.69, 9.17) is 4.74 Å². The van der Waals surface area contributed by atoms with Crippen molar-refractivity contribution in [3.05, 3.63) is 70.6 Å². The number of pyridine rings is 1. The fourth-order valence-electron chi connectivity index (χ4n) is 4.21. The maximum atomic E-state index is 13.1. The summed E-state index contributed by atoms with van der Waals surface area (Å²) in [7, 11) is 0. The van der Waals surface area contributed by atoms with Gasteiger partial charge in [0.25, 0.3) is 11.7 Å². The molecule has 7 nitrogen and oxygen atoms in total. The van der Waals surface area contributed by atoms with E-state index in [0.717, 1.165) is 29.8 Å². The van der Waals surface area contributed by atoms with Gasteiger partial charge in [0.05, 0.1) is 24.8 Å². The second-order valence-corrected chi connectivity index (χ2v) is 8.05. The van der Waals surface area contributed by atoms with Crippen LogP contribution in [0, 0.1) is 13.8 Å². The minimum Gasteiger partial charge on any atom is -0.507 e. The smallest absolute Gasteiger partial charge is 0.295 e. The van der Waals surface area contributed by atoms with Crippen molar-refractivity contribution in [1.29, 1.82) is 0 Å². The third-order valence-corrected chi connectivity index (χ3v) is 5.97. The molecule has 4 rings (SSSR count). The predicted molar refractivity (Wildman–Crippen MR) is 116 cm³/mol. The van der Waals surface area contributed by atoms with Crippen molar-refractivity contribution in [3.8, 4) is 0 Å². The van der Waals surface area contributed by atoms with Gasteiger partial charge in [0, 0.05) is 44.1 Å². The molecule has 1 amide bonds. The number of hydrogen-bond donors (Lipinski definition) is 1. The number of carbonyl (C=O) groups excluding carboxylic acids is 2. The van der Waals surface area contributed by atoms with Crippen LogP contribution in [0.2, 0.25) is 0 Å². The Bertz CT molecular complexity index is 1010. The summed E-state index contributed by atoms with van der Waals surface area (Å²) >= 11 is 0. The second-order valence-electron chi connectivity index (χ2n) is 8.05. The summed E-state index contributed by atoms with van der Waals surface area (Å²) in [5, 5.41) is 11.2. The van der Waals surface area contributed by atoms with Crippen molar-refractivity contribution < 1.29 is 19.4 Å². The van der Waals surface area contributed by atoms with Crippen LogP contribution in [0.3, 0.4) is 0 Å². The lowest BCUT2D eigenvalue weighted by Crippen LogP contribution is -2.42. The maximum absolute atomic E-state index is 13.1. The van der Waals surface area contributed by atoms with Gasteiger partial charge in [-0.3, -0.25) is 19.5 Å². The van der Waals surface area contributed by atoms with E-state index in [1.165, 1.54) is 0 Å². The molecule has 2 saturated heterocycles. The molecule has 31 heavy (non-hydrogen) atoms. The van der Waals surface area contributed by atoms with E-state index >= 15 is 0 Å². The van der Waals surface area contributed by atoms with Crippen molar-refractivity contribution in [3.63, 3.8) is 0 Å². The number of rotatable bonds is 5. The number of Topliss-reactive ketones (excluding diaryl/α,β-unsaturated/α-hetero) is 1. The van der Waals surface area contributed by atoms with Crippen LogP contribution in [0.4, 0.5) is 0 Å². The lowest BCUT2D eigenvalue weighted by molar-refractivity contribution is -0.140. The molecular formula is C24H27N3O4. The first-order valence-electron chi connectivity index (χ1n) is 10.5. The normalized spacial score (nSPS) is 21.6. The van der Waals surface area contributed by atoms with Gasteiger partial charge in [-0.2, -0.15) is 0 Å². The monoisotopic (exact) mass is 421 g/mol. The number of ketones is 1. The molecule has 2 aliphatic rings. The first-order valence-corrected chi connectivity index (χ1v) is 10.5. The summed E-state index contributed by atoms with van der Waals surface area (Å²) in [6.45, 7) is 7.77. The largest absolute Gasteiger partial charge is 0.507 e. The Kier molecular flexibility index (Phi) is 6.15. The van der Waals surface area contributed by atoms with E-state index in [-0.39, 0.29) is 11.3 Å². The molecule has 0 aliphatic carbocycles. The van der Waals surface area contributed by atoms with Crippen LogP contribution in [0.15, 0.2) is 48.3 Å². The predicted octanol–water partition coefficient (Wildman–Crippen LogP) is 2.45. The Balaban J connectivity index is 1.75. The third kappa shape index (κ3) is 4.24. The fourth-order valence-corrected chi connectivity index (χ4v) is 4.21. The molecule has 1 aromatic carbocycles. The first-order chi connectivity index (χ1) is 15.0. The van der Waals surface area contributed by atoms with E-state index in [2.05, 4.69) is 9.88 Å². The van der Waals surface area contributed by atoms with Gasteiger partial charge in [-0.1, -0.05) is 17.7 Å². The molecule has 1 atom stereocenters. The zero-order valence-corrected chi connectivity index (χ0v) is 17.9. The Hall–Kier alpha value is -3.03. The second kappa shape index (κ2) is 8.99. The highest BCUT2D eigenvalue weighted by molar-refractivity contribution is 6.46. The minimum atomic E-state index is -0.651. The molecule has 7 heteroatoms. The lowest BCUT2D eigenvalue weighted by Gasteiger charge is -2.31. The zero-order chi connectivity index (χ0) is 22.0. The summed E-state index contributed by atoms with van der Waals surface area (Å²) in [6, 6.07) is 8.62.